The van der Waals surface area contributed by atoms with Crippen LogP contribution in [0.15, 0.2) is 12.1 Å². The topological polar surface area (TPSA) is 55.8 Å². The number of anilines is 1. The van der Waals surface area contributed by atoms with Gasteiger partial charge >= 0.3 is 0 Å². The van der Waals surface area contributed by atoms with Crippen molar-refractivity contribution in [1.82, 2.24) is 0 Å². The molecule has 0 radical (unpaired) electrons. The highest BCUT2D eigenvalue weighted by atomic mass is 35.5. The number of ketones is 1. The number of methoxy groups -OCH3 is 2. The Morgan fingerprint density at radius 1 is 1.17 bits per heavy atom. The predicted molar refractivity (Wildman–Crippen MR) is 68.6 cm³/mol. The summed E-state index contributed by atoms with van der Waals surface area (Å²) in [4.78, 5) is 22.9. The molecule has 98 valence electrons. The van der Waals surface area contributed by atoms with E-state index in [0.717, 1.165) is 4.42 Å². The molecule has 0 unspecified atom stereocenters. The molecule has 0 N–H and O–H groups in total. The molecule has 6 heteroatoms. The minimum Gasteiger partial charge on any atom is -0.497 e. The lowest BCUT2D eigenvalue weighted by molar-refractivity contribution is -0.115. The Hall–Kier alpha value is -1.75. The van der Waals surface area contributed by atoms with Gasteiger partial charge in [-0.3, -0.25) is 9.59 Å². The van der Waals surface area contributed by atoms with Crippen molar-refractivity contribution in [2.75, 3.05) is 18.6 Å². The summed E-state index contributed by atoms with van der Waals surface area (Å²) in [6.45, 7) is 2.70. The van der Waals surface area contributed by atoms with Crippen molar-refractivity contribution in [3.8, 4) is 11.5 Å². The standard InChI is InChI=1S/C12H14ClNO4/c1-7(15)10-5-9(17-3)6-11(12(10)18-4)14(13)8(2)16/h5-6H,1-4H3. The molecule has 0 heterocycles. The Kier molecular flexibility index (Phi) is 4.55. The largest absolute Gasteiger partial charge is 0.497 e. The van der Waals surface area contributed by atoms with Gasteiger partial charge in [-0.25, -0.2) is 4.42 Å². The quantitative estimate of drug-likeness (QED) is 0.623. The number of halogens is 1. The number of carbonyl (C=O) groups is 2. The van der Waals surface area contributed by atoms with Gasteiger partial charge in [-0.15, -0.1) is 0 Å². The second-order valence-electron chi connectivity index (χ2n) is 3.58. The van der Waals surface area contributed by atoms with Gasteiger partial charge in [-0.1, -0.05) is 0 Å². The van der Waals surface area contributed by atoms with Crippen LogP contribution in [0.4, 0.5) is 5.69 Å². The van der Waals surface area contributed by atoms with Crippen molar-refractivity contribution in [2.45, 2.75) is 13.8 Å². The third-order valence-electron chi connectivity index (χ3n) is 2.35. The first-order valence-electron chi connectivity index (χ1n) is 5.15. The van der Waals surface area contributed by atoms with Crippen molar-refractivity contribution >= 4 is 29.2 Å². The van der Waals surface area contributed by atoms with Gasteiger partial charge in [0, 0.05) is 24.8 Å². The molecule has 0 aliphatic heterocycles. The zero-order chi connectivity index (χ0) is 13.9. The van der Waals surface area contributed by atoms with Crippen molar-refractivity contribution in [2.24, 2.45) is 0 Å². The summed E-state index contributed by atoms with van der Waals surface area (Å²) in [5.41, 5.74) is 0.579. The van der Waals surface area contributed by atoms with Gasteiger partial charge in [0.15, 0.2) is 11.5 Å². The van der Waals surface area contributed by atoms with E-state index in [0.29, 0.717) is 11.3 Å². The first kappa shape index (κ1) is 14.3. The van der Waals surface area contributed by atoms with Crippen LogP contribution >= 0.6 is 11.8 Å². The second kappa shape index (κ2) is 5.73. The van der Waals surface area contributed by atoms with E-state index in [2.05, 4.69) is 0 Å². The first-order valence-corrected chi connectivity index (χ1v) is 5.49. The third kappa shape index (κ3) is 2.73. The smallest absolute Gasteiger partial charge is 0.238 e. The Balaban J connectivity index is 3.51. The summed E-state index contributed by atoms with van der Waals surface area (Å²) in [7, 11) is 2.87. The van der Waals surface area contributed by atoms with Crippen molar-refractivity contribution in [3.63, 3.8) is 0 Å². The van der Waals surface area contributed by atoms with Gasteiger partial charge in [0.25, 0.3) is 0 Å². The van der Waals surface area contributed by atoms with Crippen molar-refractivity contribution in [3.05, 3.63) is 17.7 Å². The molecule has 18 heavy (non-hydrogen) atoms. The first-order chi connectivity index (χ1) is 8.42. The van der Waals surface area contributed by atoms with Gasteiger partial charge in [0.2, 0.25) is 5.91 Å². The summed E-state index contributed by atoms with van der Waals surface area (Å²) in [5.74, 6) is 0.0646. The van der Waals surface area contributed by atoms with Crippen molar-refractivity contribution in [1.29, 1.82) is 0 Å². The zero-order valence-electron chi connectivity index (χ0n) is 10.6. The Morgan fingerprint density at radius 3 is 2.17 bits per heavy atom. The van der Waals surface area contributed by atoms with Crippen LogP contribution in [0, 0.1) is 0 Å². The van der Waals surface area contributed by atoms with Gasteiger partial charge in [0.1, 0.15) is 11.4 Å². The summed E-state index contributed by atoms with van der Waals surface area (Å²) in [6, 6.07) is 3.06. The van der Waals surface area contributed by atoms with Crippen LogP contribution in [0.3, 0.4) is 0 Å². The number of rotatable bonds is 4. The number of carbonyl (C=O) groups excluding carboxylic acids is 2. The highest BCUT2D eigenvalue weighted by molar-refractivity contribution is 6.37. The third-order valence-corrected chi connectivity index (χ3v) is 2.77. The number of benzene rings is 1. The van der Waals surface area contributed by atoms with Crippen LogP contribution < -0.4 is 13.9 Å². The van der Waals surface area contributed by atoms with Crippen LogP contribution in [0.1, 0.15) is 24.2 Å². The van der Waals surface area contributed by atoms with E-state index in [9.17, 15) is 9.59 Å². The van der Waals surface area contributed by atoms with Gasteiger partial charge in [0.05, 0.1) is 19.8 Å². The van der Waals surface area contributed by atoms with E-state index in [-0.39, 0.29) is 17.2 Å². The molecule has 5 nitrogen and oxygen atoms in total. The molecule has 0 bridgehead atoms. The van der Waals surface area contributed by atoms with Crippen molar-refractivity contribution < 1.29 is 19.1 Å². The van der Waals surface area contributed by atoms with Crippen LogP contribution in [-0.2, 0) is 4.79 Å². The monoisotopic (exact) mass is 271 g/mol. The van der Waals surface area contributed by atoms with Gasteiger partial charge in [-0.2, -0.15) is 0 Å². The van der Waals surface area contributed by atoms with Gasteiger partial charge < -0.3 is 9.47 Å². The van der Waals surface area contributed by atoms with E-state index in [1.54, 1.807) is 0 Å². The van der Waals surface area contributed by atoms with Crippen LogP contribution in [0.2, 0.25) is 0 Å². The Bertz CT molecular complexity index is 487. The minimum absolute atomic E-state index is 0.208. The lowest BCUT2D eigenvalue weighted by atomic mass is 10.1. The molecule has 0 aliphatic carbocycles. The van der Waals surface area contributed by atoms with E-state index in [4.69, 9.17) is 21.3 Å². The molecule has 1 aromatic rings. The number of hydrogen-bond donors (Lipinski definition) is 0. The van der Waals surface area contributed by atoms with Crippen LogP contribution in [-0.4, -0.2) is 25.9 Å². The average Bonchev–Trinajstić information content (AvgIpc) is 2.35. The van der Waals surface area contributed by atoms with Gasteiger partial charge in [-0.05, 0) is 13.0 Å². The maximum atomic E-state index is 11.6. The summed E-state index contributed by atoms with van der Waals surface area (Å²) in [5, 5.41) is 0. The van der Waals surface area contributed by atoms with Crippen LogP contribution in [0.25, 0.3) is 0 Å². The fourth-order valence-electron chi connectivity index (χ4n) is 1.50. The number of amides is 1. The number of ether oxygens (including phenoxy) is 2. The number of hydrogen-bond acceptors (Lipinski definition) is 4. The lowest BCUT2D eigenvalue weighted by Crippen LogP contribution is -2.18. The molecule has 0 saturated carbocycles. The summed E-state index contributed by atoms with van der Waals surface area (Å²) < 4.78 is 11.1. The molecule has 1 amide bonds. The minimum atomic E-state index is -0.391. The molecule has 0 aliphatic rings. The SMILES string of the molecule is COc1cc(C(C)=O)c(OC)c(N(Cl)C(C)=O)c1. The molecule has 1 aromatic carbocycles. The normalized spacial score (nSPS) is 9.83. The molecule has 0 fully saturated rings. The molecule has 0 saturated heterocycles. The molecular weight excluding hydrogens is 258 g/mol. The summed E-state index contributed by atoms with van der Waals surface area (Å²) >= 11 is 5.87. The summed E-state index contributed by atoms with van der Waals surface area (Å²) in [6.07, 6.45) is 0. The molecule has 0 atom stereocenters. The molecule has 0 aromatic heterocycles. The Labute approximate surface area is 110 Å². The fraction of sp³-hybridized carbons (Fsp3) is 0.333. The van der Waals surface area contributed by atoms with E-state index in [1.807, 2.05) is 0 Å². The highest BCUT2D eigenvalue weighted by Crippen LogP contribution is 2.37. The number of nitrogens with zero attached hydrogens (tertiary/aromatic N) is 1. The van der Waals surface area contributed by atoms with E-state index in [1.165, 1.54) is 40.2 Å². The molecular formula is C12H14ClNO4. The maximum Gasteiger partial charge on any atom is 0.238 e. The Morgan fingerprint density at radius 2 is 1.78 bits per heavy atom. The van der Waals surface area contributed by atoms with E-state index < -0.39 is 5.91 Å². The molecule has 1 rings (SSSR count). The predicted octanol–water partition coefficient (Wildman–Crippen LogP) is 2.41. The fourth-order valence-corrected chi connectivity index (χ4v) is 1.62. The van der Waals surface area contributed by atoms with Crippen LogP contribution in [0.5, 0.6) is 11.5 Å². The lowest BCUT2D eigenvalue weighted by Gasteiger charge is -2.18. The van der Waals surface area contributed by atoms with E-state index >= 15 is 0 Å². The highest BCUT2D eigenvalue weighted by Gasteiger charge is 2.21. The maximum absolute atomic E-state index is 11.6. The average molecular weight is 272 g/mol. The zero-order valence-corrected chi connectivity index (χ0v) is 11.4. The second-order valence-corrected chi connectivity index (χ2v) is 3.92. The number of Topliss-reactive ketones (excluding diaryl/α,β-unsaturated/α-hetero) is 1. The molecule has 0 spiro atoms.